The van der Waals surface area contributed by atoms with Gasteiger partial charge in [0, 0.05) is 42.5 Å². The maximum atomic E-state index is 12.7. The molecule has 0 N–H and O–H groups in total. The van der Waals surface area contributed by atoms with E-state index in [1.807, 2.05) is 25.1 Å². The number of aromatic nitrogens is 3. The lowest BCUT2D eigenvalue weighted by Crippen LogP contribution is -2.36. The van der Waals surface area contributed by atoms with Crippen LogP contribution in [0.1, 0.15) is 33.0 Å². The van der Waals surface area contributed by atoms with Crippen molar-refractivity contribution in [1.82, 2.24) is 19.9 Å². The molecular weight excluding hydrogens is 357 g/mol. The van der Waals surface area contributed by atoms with Gasteiger partial charge in [0.1, 0.15) is 5.69 Å². The highest BCUT2D eigenvalue weighted by Gasteiger charge is 2.32. The molecule has 4 heterocycles. The van der Waals surface area contributed by atoms with E-state index in [9.17, 15) is 18.0 Å². The second-order valence-corrected chi connectivity index (χ2v) is 6.50. The largest absolute Gasteiger partial charge is 0.433 e. The minimum Gasteiger partial charge on any atom is -0.334 e. The first kappa shape index (κ1) is 17.4. The Kier molecular flexibility index (Phi) is 4.05. The van der Waals surface area contributed by atoms with Gasteiger partial charge in [0.25, 0.3) is 5.91 Å². The molecule has 138 valence electrons. The van der Waals surface area contributed by atoms with Crippen LogP contribution in [0.25, 0.3) is 11.0 Å². The second-order valence-electron chi connectivity index (χ2n) is 6.50. The van der Waals surface area contributed by atoms with Crippen LogP contribution in [0.15, 0.2) is 36.5 Å². The first-order valence-electron chi connectivity index (χ1n) is 8.40. The topological polar surface area (TPSA) is 59.0 Å². The van der Waals surface area contributed by atoms with Gasteiger partial charge in [0.2, 0.25) is 0 Å². The van der Waals surface area contributed by atoms with E-state index in [2.05, 4.69) is 15.0 Å². The number of aryl methyl sites for hydroxylation is 1. The summed E-state index contributed by atoms with van der Waals surface area (Å²) < 4.78 is 37.9. The van der Waals surface area contributed by atoms with Gasteiger partial charge in [-0.1, -0.05) is 0 Å². The average Bonchev–Trinajstić information content (AvgIpc) is 2.65. The van der Waals surface area contributed by atoms with E-state index >= 15 is 0 Å². The predicted molar refractivity (Wildman–Crippen MR) is 92.0 cm³/mol. The molecule has 3 aromatic heterocycles. The molecular formula is C19H15F3N4O. The third-order valence-corrected chi connectivity index (χ3v) is 4.55. The standard InChI is InChI=1S/C19H15F3N4O/c1-11-2-3-12-8-14-10-26(7-6-15(14)25-17(12)24-11)18(27)13-4-5-16(23-9-13)19(20,21)22/h2-5,8-9H,6-7,10H2,1H3. The number of fused-ring (bicyclic) bond motifs is 2. The number of carbonyl (C=O) groups excluding carboxylic acids is 1. The Bertz CT molecular complexity index is 1030. The van der Waals surface area contributed by atoms with Crippen molar-refractivity contribution in [1.29, 1.82) is 0 Å². The molecule has 1 amide bonds. The van der Waals surface area contributed by atoms with Gasteiger partial charge in [-0.15, -0.1) is 0 Å². The third-order valence-electron chi connectivity index (χ3n) is 4.55. The molecule has 0 fully saturated rings. The van der Waals surface area contributed by atoms with E-state index < -0.39 is 11.9 Å². The molecule has 0 unspecified atom stereocenters. The maximum Gasteiger partial charge on any atom is 0.433 e. The molecule has 0 aliphatic carbocycles. The molecule has 8 heteroatoms. The Morgan fingerprint density at radius 1 is 1.15 bits per heavy atom. The molecule has 0 radical (unpaired) electrons. The molecule has 5 nitrogen and oxygen atoms in total. The van der Waals surface area contributed by atoms with Gasteiger partial charge in [0.05, 0.1) is 5.56 Å². The van der Waals surface area contributed by atoms with Crippen molar-refractivity contribution in [2.75, 3.05) is 6.54 Å². The Morgan fingerprint density at radius 2 is 1.96 bits per heavy atom. The summed E-state index contributed by atoms with van der Waals surface area (Å²) in [6, 6.07) is 7.79. The number of carbonyl (C=O) groups is 1. The fourth-order valence-electron chi connectivity index (χ4n) is 3.15. The van der Waals surface area contributed by atoms with E-state index in [1.54, 1.807) is 4.90 Å². The van der Waals surface area contributed by atoms with Gasteiger partial charge in [0.15, 0.2) is 5.65 Å². The van der Waals surface area contributed by atoms with Gasteiger partial charge in [-0.2, -0.15) is 13.2 Å². The van der Waals surface area contributed by atoms with Crippen molar-refractivity contribution in [2.24, 2.45) is 0 Å². The number of rotatable bonds is 1. The van der Waals surface area contributed by atoms with Crippen LogP contribution < -0.4 is 0 Å². The monoisotopic (exact) mass is 372 g/mol. The van der Waals surface area contributed by atoms with E-state index in [4.69, 9.17) is 0 Å². The Hall–Kier alpha value is -3.03. The summed E-state index contributed by atoms with van der Waals surface area (Å²) in [5, 5.41) is 0.893. The predicted octanol–water partition coefficient (Wildman–Crippen LogP) is 3.55. The van der Waals surface area contributed by atoms with Crippen LogP contribution in [0.2, 0.25) is 0 Å². The van der Waals surface area contributed by atoms with Crippen LogP contribution in [0.4, 0.5) is 13.2 Å². The molecule has 1 aliphatic heterocycles. The number of hydrogen-bond donors (Lipinski definition) is 0. The molecule has 0 aromatic carbocycles. The number of halogens is 3. The quantitative estimate of drug-likeness (QED) is 0.656. The Labute approximate surface area is 152 Å². The summed E-state index contributed by atoms with van der Waals surface area (Å²) in [5.41, 5.74) is 2.51. The Balaban J connectivity index is 1.58. The molecule has 3 aromatic rings. The minimum atomic E-state index is -4.52. The summed E-state index contributed by atoms with van der Waals surface area (Å²) >= 11 is 0. The molecule has 4 rings (SSSR count). The lowest BCUT2D eigenvalue weighted by molar-refractivity contribution is -0.141. The summed E-state index contributed by atoms with van der Waals surface area (Å²) in [6.45, 7) is 2.70. The molecule has 27 heavy (non-hydrogen) atoms. The van der Waals surface area contributed by atoms with Crippen molar-refractivity contribution in [2.45, 2.75) is 26.1 Å². The molecule has 0 saturated heterocycles. The van der Waals surface area contributed by atoms with Crippen LogP contribution in [-0.2, 0) is 19.1 Å². The van der Waals surface area contributed by atoms with Crippen molar-refractivity contribution in [3.63, 3.8) is 0 Å². The van der Waals surface area contributed by atoms with Gasteiger partial charge in [-0.05, 0) is 42.8 Å². The molecule has 1 aliphatic rings. The van der Waals surface area contributed by atoms with Crippen molar-refractivity contribution in [3.05, 3.63) is 64.7 Å². The zero-order valence-corrected chi connectivity index (χ0v) is 14.4. The summed E-state index contributed by atoms with van der Waals surface area (Å²) in [5.74, 6) is -0.344. The third kappa shape index (κ3) is 3.34. The van der Waals surface area contributed by atoms with E-state index in [1.165, 1.54) is 6.07 Å². The van der Waals surface area contributed by atoms with Crippen LogP contribution in [0.3, 0.4) is 0 Å². The second kappa shape index (κ2) is 6.29. The zero-order valence-electron chi connectivity index (χ0n) is 14.4. The maximum absolute atomic E-state index is 12.7. The van der Waals surface area contributed by atoms with Gasteiger partial charge in [-0.3, -0.25) is 9.78 Å². The summed E-state index contributed by atoms with van der Waals surface area (Å²) in [7, 11) is 0. The first-order chi connectivity index (χ1) is 12.8. The SMILES string of the molecule is Cc1ccc2cc3c(nc2n1)CCN(C(=O)c1ccc(C(F)(F)F)nc1)C3. The van der Waals surface area contributed by atoms with Gasteiger partial charge < -0.3 is 4.90 Å². The van der Waals surface area contributed by atoms with Crippen molar-refractivity contribution < 1.29 is 18.0 Å². The van der Waals surface area contributed by atoms with Crippen LogP contribution in [0, 0.1) is 6.92 Å². The van der Waals surface area contributed by atoms with Gasteiger partial charge in [-0.25, -0.2) is 9.97 Å². The fourth-order valence-corrected chi connectivity index (χ4v) is 3.15. The van der Waals surface area contributed by atoms with Gasteiger partial charge >= 0.3 is 6.18 Å². The highest BCUT2D eigenvalue weighted by Crippen LogP contribution is 2.28. The lowest BCUT2D eigenvalue weighted by Gasteiger charge is -2.28. The number of hydrogen-bond acceptors (Lipinski definition) is 4. The molecule has 0 bridgehead atoms. The number of amides is 1. The molecule has 0 atom stereocenters. The van der Waals surface area contributed by atoms with Crippen LogP contribution in [-0.4, -0.2) is 32.3 Å². The zero-order chi connectivity index (χ0) is 19.2. The Morgan fingerprint density at radius 3 is 2.67 bits per heavy atom. The normalized spacial score (nSPS) is 14.3. The van der Waals surface area contributed by atoms with Crippen LogP contribution >= 0.6 is 0 Å². The fraction of sp³-hybridized carbons (Fsp3) is 0.263. The van der Waals surface area contributed by atoms with Crippen molar-refractivity contribution in [3.8, 4) is 0 Å². The number of alkyl halides is 3. The van der Waals surface area contributed by atoms with E-state index in [-0.39, 0.29) is 11.5 Å². The van der Waals surface area contributed by atoms with E-state index in [0.717, 1.165) is 34.6 Å². The summed E-state index contributed by atoms with van der Waals surface area (Å²) in [6.07, 6.45) is -2.97. The average molecular weight is 372 g/mol. The molecule has 0 spiro atoms. The first-order valence-corrected chi connectivity index (χ1v) is 8.40. The lowest BCUT2D eigenvalue weighted by atomic mass is 10.0. The van der Waals surface area contributed by atoms with Crippen molar-refractivity contribution >= 4 is 16.9 Å². The molecule has 0 saturated carbocycles. The van der Waals surface area contributed by atoms with Crippen LogP contribution in [0.5, 0.6) is 0 Å². The van der Waals surface area contributed by atoms with E-state index in [0.29, 0.717) is 25.2 Å². The smallest absolute Gasteiger partial charge is 0.334 e. The highest BCUT2D eigenvalue weighted by atomic mass is 19.4. The highest BCUT2D eigenvalue weighted by molar-refractivity contribution is 5.94. The summed E-state index contributed by atoms with van der Waals surface area (Å²) in [4.78, 5) is 26.6. The number of nitrogens with zero attached hydrogens (tertiary/aromatic N) is 4. The minimum absolute atomic E-state index is 0.137. The number of pyridine rings is 3.